The van der Waals surface area contributed by atoms with Crippen molar-refractivity contribution in [2.45, 2.75) is 12.5 Å². The first-order chi connectivity index (χ1) is 10.1. The summed E-state index contributed by atoms with van der Waals surface area (Å²) in [5.74, 6) is -1.33. The van der Waals surface area contributed by atoms with E-state index in [-0.39, 0.29) is 17.9 Å². The van der Waals surface area contributed by atoms with E-state index >= 15 is 0 Å². The van der Waals surface area contributed by atoms with Crippen LogP contribution in [0.3, 0.4) is 0 Å². The molecule has 6 heteroatoms. The van der Waals surface area contributed by atoms with E-state index in [4.69, 9.17) is 10.9 Å². The average molecular weight is 291 g/mol. The van der Waals surface area contributed by atoms with Crippen molar-refractivity contribution in [3.8, 4) is 0 Å². The first-order valence-electron chi connectivity index (χ1n) is 6.33. The zero-order valence-corrected chi connectivity index (χ0v) is 11.1. The summed E-state index contributed by atoms with van der Waals surface area (Å²) in [6.45, 7) is 0. The quantitative estimate of drug-likeness (QED) is 0.343. The second-order valence-corrected chi connectivity index (χ2v) is 4.53. The number of amidine groups is 1. The third-order valence-electron chi connectivity index (χ3n) is 3.00. The van der Waals surface area contributed by atoms with Crippen LogP contribution in [-0.4, -0.2) is 11.0 Å². The molecule has 0 heterocycles. The van der Waals surface area contributed by atoms with Gasteiger partial charge in [-0.2, -0.15) is 0 Å². The Hall–Kier alpha value is -2.63. The first-order valence-corrected chi connectivity index (χ1v) is 6.33. The molecule has 0 aliphatic heterocycles. The summed E-state index contributed by atoms with van der Waals surface area (Å²) in [4.78, 5) is 0. The van der Waals surface area contributed by atoms with Gasteiger partial charge in [-0.1, -0.05) is 35.5 Å². The lowest BCUT2D eigenvalue weighted by Gasteiger charge is -2.20. The molecule has 0 aromatic heterocycles. The molecule has 0 bridgehead atoms. The monoisotopic (exact) mass is 291 g/mol. The molecule has 2 aromatic carbocycles. The molecular formula is C15H15F2N3O. The zero-order valence-electron chi connectivity index (χ0n) is 11.1. The highest BCUT2D eigenvalue weighted by Gasteiger charge is 2.15. The number of nitrogens with two attached hydrogens (primary N) is 1. The van der Waals surface area contributed by atoms with Crippen molar-refractivity contribution in [1.29, 1.82) is 0 Å². The molecule has 2 aromatic rings. The topological polar surface area (TPSA) is 70.6 Å². The Kier molecular flexibility index (Phi) is 4.71. The van der Waals surface area contributed by atoms with Gasteiger partial charge < -0.3 is 16.3 Å². The fourth-order valence-corrected chi connectivity index (χ4v) is 1.98. The Morgan fingerprint density at radius 3 is 2.52 bits per heavy atom. The van der Waals surface area contributed by atoms with Gasteiger partial charge in [0.05, 0.1) is 11.7 Å². The van der Waals surface area contributed by atoms with Crippen LogP contribution in [0.2, 0.25) is 0 Å². The molecule has 2 rings (SSSR count). The second kappa shape index (κ2) is 6.69. The molecule has 0 fully saturated rings. The molecule has 0 saturated carbocycles. The summed E-state index contributed by atoms with van der Waals surface area (Å²) in [6, 6.07) is 12.1. The molecule has 4 N–H and O–H groups in total. The summed E-state index contributed by atoms with van der Waals surface area (Å²) < 4.78 is 26.7. The predicted molar refractivity (Wildman–Crippen MR) is 77.2 cm³/mol. The highest BCUT2D eigenvalue weighted by molar-refractivity contribution is 5.80. The molecule has 4 nitrogen and oxygen atoms in total. The van der Waals surface area contributed by atoms with Crippen molar-refractivity contribution in [1.82, 2.24) is 0 Å². The maximum absolute atomic E-state index is 13.7. The zero-order chi connectivity index (χ0) is 15.2. The molecule has 21 heavy (non-hydrogen) atoms. The molecule has 0 aliphatic rings. The van der Waals surface area contributed by atoms with E-state index in [0.717, 1.165) is 17.7 Å². The number of anilines is 1. The Morgan fingerprint density at radius 1 is 1.19 bits per heavy atom. The maximum Gasteiger partial charge on any atom is 0.149 e. The van der Waals surface area contributed by atoms with Gasteiger partial charge in [-0.25, -0.2) is 8.78 Å². The average Bonchev–Trinajstić information content (AvgIpc) is 2.49. The van der Waals surface area contributed by atoms with E-state index in [0.29, 0.717) is 0 Å². The van der Waals surface area contributed by atoms with Gasteiger partial charge in [0.25, 0.3) is 0 Å². The normalized spacial score (nSPS) is 13.0. The summed E-state index contributed by atoms with van der Waals surface area (Å²) in [5.41, 5.74) is 6.52. The number of rotatable bonds is 5. The fraction of sp³-hybridized carbons (Fsp3) is 0.133. The summed E-state index contributed by atoms with van der Waals surface area (Å²) >= 11 is 0. The second-order valence-electron chi connectivity index (χ2n) is 4.53. The SMILES string of the molecule is NC(CC(Nc1ccc(F)cc1F)c1ccccc1)=NO. The molecule has 110 valence electrons. The van der Waals surface area contributed by atoms with E-state index in [1.165, 1.54) is 6.07 Å². The standard InChI is InChI=1S/C15H15F2N3O/c16-11-6-7-13(12(17)8-11)19-14(9-15(18)20-21)10-4-2-1-3-5-10/h1-8,14,19,21H,9H2,(H2,18,20). The van der Waals surface area contributed by atoms with E-state index < -0.39 is 17.7 Å². The number of oxime groups is 1. The molecular weight excluding hydrogens is 276 g/mol. The van der Waals surface area contributed by atoms with Gasteiger partial charge in [0, 0.05) is 12.5 Å². The first kappa shape index (κ1) is 14.8. The Morgan fingerprint density at radius 2 is 1.90 bits per heavy atom. The van der Waals surface area contributed by atoms with Crippen LogP contribution in [-0.2, 0) is 0 Å². The Bertz CT molecular complexity index is 632. The van der Waals surface area contributed by atoms with E-state index in [1.807, 2.05) is 30.3 Å². The molecule has 0 radical (unpaired) electrons. The van der Waals surface area contributed by atoms with Gasteiger partial charge in [-0.15, -0.1) is 0 Å². The van der Waals surface area contributed by atoms with Crippen LogP contribution in [0.4, 0.5) is 14.5 Å². The highest BCUT2D eigenvalue weighted by Crippen LogP contribution is 2.25. The number of halogens is 2. The van der Waals surface area contributed by atoms with Crippen LogP contribution < -0.4 is 11.1 Å². The van der Waals surface area contributed by atoms with Crippen LogP contribution in [0.15, 0.2) is 53.7 Å². The van der Waals surface area contributed by atoms with Crippen LogP contribution in [0, 0.1) is 11.6 Å². The number of nitrogens with one attached hydrogen (secondary N) is 1. The Labute approximate surface area is 120 Å². The highest BCUT2D eigenvalue weighted by atomic mass is 19.1. The predicted octanol–water partition coefficient (Wildman–Crippen LogP) is 3.25. The van der Waals surface area contributed by atoms with Gasteiger partial charge in [0.15, 0.2) is 0 Å². The van der Waals surface area contributed by atoms with E-state index in [1.54, 1.807) is 0 Å². The van der Waals surface area contributed by atoms with Crippen LogP contribution in [0.1, 0.15) is 18.0 Å². The summed E-state index contributed by atoms with van der Waals surface area (Å²) in [6.07, 6.45) is 0.178. The minimum atomic E-state index is -0.699. The van der Waals surface area contributed by atoms with E-state index in [9.17, 15) is 8.78 Å². The number of benzene rings is 2. The minimum absolute atomic E-state index is 0.0128. The largest absolute Gasteiger partial charge is 0.409 e. The Balaban J connectivity index is 2.27. The molecule has 0 aliphatic carbocycles. The number of hydrogen-bond acceptors (Lipinski definition) is 3. The van der Waals surface area contributed by atoms with Crippen molar-refractivity contribution in [3.63, 3.8) is 0 Å². The van der Waals surface area contributed by atoms with Gasteiger partial charge >= 0.3 is 0 Å². The van der Waals surface area contributed by atoms with Crippen LogP contribution >= 0.6 is 0 Å². The van der Waals surface area contributed by atoms with Crippen molar-refractivity contribution < 1.29 is 14.0 Å². The fourth-order valence-electron chi connectivity index (χ4n) is 1.98. The maximum atomic E-state index is 13.7. The lowest BCUT2D eigenvalue weighted by atomic mass is 10.0. The molecule has 1 atom stereocenters. The molecule has 1 unspecified atom stereocenters. The smallest absolute Gasteiger partial charge is 0.149 e. The number of nitrogens with zero attached hydrogens (tertiary/aromatic N) is 1. The molecule has 0 amide bonds. The lowest BCUT2D eigenvalue weighted by Crippen LogP contribution is -2.21. The minimum Gasteiger partial charge on any atom is -0.409 e. The van der Waals surface area contributed by atoms with Gasteiger partial charge in [0.2, 0.25) is 0 Å². The number of hydrogen-bond donors (Lipinski definition) is 3. The lowest BCUT2D eigenvalue weighted by molar-refractivity contribution is 0.316. The van der Waals surface area contributed by atoms with Gasteiger partial charge in [-0.05, 0) is 17.7 Å². The molecule has 0 saturated heterocycles. The van der Waals surface area contributed by atoms with Crippen LogP contribution in [0.25, 0.3) is 0 Å². The molecule has 0 spiro atoms. The summed E-state index contributed by atoms with van der Waals surface area (Å²) in [5, 5.41) is 14.6. The van der Waals surface area contributed by atoms with Crippen molar-refractivity contribution >= 4 is 11.5 Å². The third-order valence-corrected chi connectivity index (χ3v) is 3.00. The van der Waals surface area contributed by atoms with Crippen molar-refractivity contribution in [2.75, 3.05) is 5.32 Å². The summed E-state index contributed by atoms with van der Waals surface area (Å²) in [7, 11) is 0. The van der Waals surface area contributed by atoms with E-state index in [2.05, 4.69) is 10.5 Å². The van der Waals surface area contributed by atoms with Crippen LogP contribution in [0.5, 0.6) is 0 Å². The van der Waals surface area contributed by atoms with Crippen molar-refractivity contribution in [3.05, 3.63) is 65.7 Å². The third kappa shape index (κ3) is 3.92. The van der Waals surface area contributed by atoms with Gasteiger partial charge in [-0.3, -0.25) is 0 Å². The van der Waals surface area contributed by atoms with Crippen molar-refractivity contribution in [2.24, 2.45) is 10.9 Å². The van der Waals surface area contributed by atoms with Gasteiger partial charge in [0.1, 0.15) is 17.5 Å².